The quantitative estimate of drug-likeness (QED) is 0.592. The molecule has 0 aromatic carbocycles. The van der Waals surface area contributed by atoms with Crippen LogP contribution in [0, 0.1) is 16.7 Å². The molecule has 1 unspecified atom stereocenters. The van der Waals surface area contributed by atoms with Crippen molar-refractivity contribution in [3.8, 4) is 6.07 Å². The zero-order valence-corrected chi connectivity index (χ0v) is 6.65. The highest BCUT2D eigenvalue weighted by Crippen LogP contribution is 2.25. The zero-order chi connectivity index (χ0) is 7.61. The average Bonchev–Trinajstić information content (AvgIpc) is 2.38. The van der Waals surface area contributed by atoms with Crippen LogP contribution in [0.1, 0.15) is 26.7 Å². The van der Waals surface area contributed by atoms with Crippen LogP contribution in [-0.2, 0) is 0 Å². The molecular formula is C8H14N2. The molecule has 0 spiro atoms. The number of nitrogens with zero attached hydrogens (tertiary/aromatic N) is 1. The summed E-state index contributed by atoms with van der Waals surface area (Å²) in [5, 5.41) is 12.1. The van der Waals surface area contributed by atoms with Crippen molar-refractivity contribution in [1.29, 1.82) is 5.26 Å². The van der Waals surface area contributed by atoms with Gasteiger partial charge in [-0.1, -0.05) is 0 Å². The molecule has 56 valence electrons. The fraction of sp³-hybridized carbons (Fsp3) is 0.875. The van der Waals surface area contributed by atoms with E-state index in [1.54, 1.807) is 0 Å². The maximum Gasteiger partial charge on any atom is 0.0700 e. The molecule has 1 N–H and O–H groups in total. The minimum absolute atomic E-state index is 0.184. The van der Waals surface area contributed by atoms with Crippen LogP contribution in [0.4, 0.5) is 0 Å². The second kappa shape index (κ2) is 2.59. The molecule has 1 saturated heterocycles. The molecule has 0 aromatic heterocycles. The smallest absolute Gasteiger partial charge is 0.0700 e. The highest BCUT2D eigenvalue weighted by molar-refractivity contribution is 5.02. The van der Waals surface area contributed by atoms with Gasteiger partial charge in [0.1, 0.15) is 0 Å². The Hall–Kier alpha value is -0.550. The van der Waals surface area contributed by atoms with Gasteiger partial charge in [0.2, 0.25) is 0 Å². The Morgan fingerprint density at radius 1 is 1.60 bits per heavy atom. The third kappa shape index (κ3) is 1.30. The van der Waals surface area contributed by atoms with Crippen LogP contribution in [0.3, 0.4) is 0 Å². The van der Waals surface area contributed by atoms with Crippen molar-refractivity contribution in [3.05, 3.63) is 0 Å². The van der Waals surface area contributed by atoms with Gasteiger partial charge in [-0.05, 0) is 33.2 Å². The van der Waals surface area contributed by atoms with Crippen LogP contribution in [0.5, 0.6) is 0 Å². The lowest BCUT2D eigenvalue weighted by molar-refractivity contribution is 0.353. The second-order valence-corrected chi connectivity index (χ2v) is 3.48. The van der Waals surface area contributed by atoms with Gasteiger partial charge in [-0.2, -0.15) is 5.26 Å². The predicted molar refractivity (Wildman–Crippen MR) is 40.4 cm³/mol. The van der Waals surface area contributed by atoms with E-state index in [-0.39, 0.29) is 5.41 Å². The molecule has 0 radical (unpaired) electrons. The molecule has 10 heavy (non-hydrogen) atoms. The summed E-state index contributed by atoms with van der Waals surface area (Å²) in [6.45, 7) is 5.07. The van der Waals surface area contributed by atoms with Gasteiger partial charge in [-0.25, -0.2) is 0 Å². The zero-order valence-electron chi connectivity index (χ0n) is 6.65. The van der Waals surface area contributed by atoms with Gasteiger partial charge in [0.25, 0.3) is 0 Å². The summed E-state index contributed by atoms with van der Waals surface area (Å²) in [6.07, 6.45) is 2.37. The van der Waals surface area contributed by atoms with Crippen molar-refractivity contribution in [2.45, 2.75) is 32.7 Å². The molecule has 0 saturated carbocycles. The first-order valence-corrected chi connectivity index (χ1v) is 3.81. The largest absolute Gasteiger partial charge is 0.312 e. The Bertz CT molecular complexity index is 149. The standard InChI is InChI=1S/C8H14N2/c1-8(2,6-9)7-4-3-5-10-7/h7,10H,3-5H2,1-2H3. The van der Waals surface area contributed by atoms with E-state index in [9.17, 15) is 0 Å². The maximum absolute atomic E-state index is 8.76. The Balaban J connectivity index is 2.56. The van der Waals surface area contributed by atoms with Crippen molar-refractivity contribution < 1.29 is 0 Å². The first-order chi connectivity index (χ1) is 4.67. The van der Waals surface area contributed by atoms with Gasteiger partial charge in [0, 0.05) is 6.04 Å². The van der Waals surface area contributed by atoms with Gasteiger partial charge in [-0.15, -0.1) is 0 Å². The molecular weight excluding hydrogens is 124 g/mol. The minimum Gasteiger partial charge on any atom is -0.312 e. The minimum atomic E-state index is -0.184. The van der Waals surface area contributed by atoms with Gasteiger partial charge >= 0.3 is 0 Å². The molecule has 1 fully saturated rings. The van der Waals surface area contributed by atoms with Gasteiger partial charge in [0.05, 0.1) is 11.5 Å². The summed E-state index contributed by atoms with van der Waals surface area (Å²) in [7, 11) is 0. The van der Waals surface area contributed by atoms with Crippen LogP contribution in [0.15, 0.2) is 0 Å². The fourth-order valence-electron chi connectivity index (χ4n) is 1.38. The average molecular weight is 138 g/mol. The first kappa shape index (κ1) is 7.56. The summed E-state index contributed by atoms with van der Waals surface area (Å²) in [6, 6.07) is 2.74. The highest BCUT2D eigenvalue weighted by atomic mass is 15.0. The topological polar surface area (TPSA) is 35.8 Å². The molecule has 1 heterocycles. The third-order valence-electron chi connectivity index (χ3n) is 2.22. The van der Waals surface area contributed by atoms with Crippen molar-refractivity contribution >= 4 is 0 Å². The monoisotopic (exact) mass is 138 g/mol. The molecule has 1 atom stereocenters. The lowest BCUT2D eigenvalue weighted by Gasteiger charge is -2.23. The normalized spacial score (nSPS) is 26.3. The van der Waals surface area contributed by atoms with E-state index in [0.29, 0.717) is 6.04 Å². The number of nitrogens with one attached hydrogen (secondary N) is 1. The Morgan fingerprint density at radius 2 is 2.30 bits per heavy atom. The Labute approximate surface area is 62.2 Å². The molecule has 1 rings (SSSR count). The fourth-order valence-corrected chi connectivity index (χ4v) is 1.38. The van der Waals surface area contributed by atoms with Crippen molar-refractivity contribution in [2.75, 3.05) is 6.54 Å². The van der Waals surface area contributed by atoms with Crippen LogP contribution >= 0.6 is 0 Å². The van der Waals surface area contributed by atoms with Crippen molar-refractivity contribution in [2.24, 2.45) is 5.41 Å². The Kier molecular flexibility index (Phi) is 1.96. The Morgan fingerprint density at radius 3 is 2.70 bits per heavy atom. The SMILES string of the molecule is CC(C)(C#N)C1CCCN1. The summed E-state index contributed by atoms with van der Waals surface area (Å²) >= 11 is 0. The van der Waals surface area contributed by atoms with Crippen LogP contribution in [0.25, 0.3) is 0 Å². The number of hydrogen-bond donors (Lipinski definition) is 1. The van der Waals surface area contributed by atoms with E-state index in [2.05, 4.69) is 11.4 Å². The first-order valence-electron chi connectivity index (χ1n) is 3.81. The predicted octanol–water partition coefficient (Wildman–Crippen LogP) is 1.29. The van der Waals surface area contributed by atoms with E-state index in [0.717, 1.165) is 13.0 Å². The summed E-state index contributed by atoms with van der Waals surface area (Å²) in [5.41, 5.74) is -0.184. The van der Waals surface area contributed by atoms with E-state index >= 15 is 0 Å². The molecule has 1 aliphatic heterocycles. The number of hydrogen-bond acceptors (Lipinski definition) is 2. The summed E-state index contributed by atoms with van der Waals surface area (Å²) in [5.74, 6) is 0. The summed E-state index contributed by atoms with van der Waals surface area (Å²) in [4.78, 5) is 0. The third-order valence-corrected chi connectivity index (χ3v) is 2.22. The molecule has 0 aromatic rings. The van der Waals surface area contributed by atoms with Crippen molar-refractivity contribution in [1.82, 2.24) is 5.32 Å². The van der Waals surface area contributed by atoms with Gasteiger partial charge in [-0.3, -0.25) is 0 Å². The molecule has 0 amide bonds. The van der Waals surface area contributed by atoms with Crippen LogP contribution < -0.4 is 5.32 Å². The van der Waals surface area contributed by atoms with E-state index in [1.165, 1.54) is 6.42 Å². The maximum atomic E-state index is 8.76. The second-order valence-electron chi connectivity index (χ2n) is 3.48. The lowest BCUT2D eigenvalue weighted by Crippen LogP contribution is -2.35. The van der Waals surface area contributed by atoms with E-state index in [1.807, 2.05) is 13.8 Å². The van der Waals surface area contributed by atoms with Gasteiger partial charge < -0.3 is 5.32 Å². The molecule has 2 nitrogen and oxygen atoms in total. The lowest BCUT2D eigenvalue weighted by atomic mass is 9.85. The van der Waals surface area contributed by atoms with E-state index < -0.39 is 0 Å². The number of rotatable bonds is 1. The molecule has 0 bridgehead atoms. The van der Waals surface area contributed by atoms with Gasteiger partial charge in [0.15, 0.2) is 0 Å². The highest BCUT2D eigenvalue weighted by Gasteiger charge is 2.31. The van der Waals surface area contributed by atoms with E-state index in [4.69, 9.17) is 5.26 Å². The number of nitriles is 1. The van der Waals surface area contributed by atoms with Crippen LogP contribution in [0.2, 0.25) is 0 Å². The van der Waals surface area contributed by atoms with Crippen molar-refractivity contribution in [3.63, 3.8) is 0 Å². The molecule has 2 heteroatoms. The summed E-state index contributed by atoms with van der Waals surface area (Å²) < 4.78 is 0. The molecule has 1 aliphatic rings. The molecule has 0 aliphatic carbocycles. The van der Waals surface area contributed by atoms with Crippen LogP contribution in [-0.4, -0.2) is 12.6 Å².